The van der Waals surface area contributed by atoms with Gasteiger partial charge in [0.25, 0.3) is 0 Å². The predicted molar refractivity (Wildman–Crippen MR) is 79.6 cm³/mol. The lowest BCUT2D eigenvalue weighted by Crippen LogP contribution is -2.20. The summed E-state index contributed by atoms with van der Waals surface area (Å²) < 4.78 is 0.933. The third-order valence-corrected chi connectivity index (χ3v) is 3.49. The van der Waals surface area contributed by atoms with Gasteiger partial charge in [-0.15, -0.1) is 0 Å². The Bertz CT molecular complexity index is 586. The Balaban J connectivity index is 2.29. The molecular weight excluding hydrogens is 330 g/mol. The molecule has 2 aromatic rings. The van der Waals surface area contributed by atoms with Gasteiger partial charge in [0.1, 0.15) is 0 Å². The van der Waals surface area contributed by atoms with Crippen LogP contribution in [-0.2, 0) is 4.79 Å². The van der Waals surface area contributed by atoms with Gasteiger partial charge >= 0.3 is 5.97 Å². The zero-order valence-electron chi connectivity index (χ0n) is 9.81. The number of halogens is 2. The predicted octanol–water partition coefficient (Wildman–Crippen LogP) is 4.34. The van der Waals surface area contributed by atoms with E-state index in [2.05, 4.69) is 21.2 Å². The third kappa shape index (κ3) is 3.49. The summed E-state index contributed by atoms with van der Waals surface area (Å²) >= 11 is 9.38. The molecule has 0 saturated heterocycles. The second-order valence-corrected chi connectivity index (χ2v) is 5.27. The maximum absolute atomic E-state index is 11.4. The SMILES string of the molecule is O=C(O)C(Nc1ccc(Br)cc1)c1ccccc1Cl. The van der Waals surface area contributed by atoms with Crippen molar-refractivity contribution in [3.05, 3.63) is 63.6 Å². The van der Waals surface area contributed by atoms with Crippen molar-refractivity contribution in [3.8, 4) is 0 Å². The van der Waals surface area contributed by atoms with Crippen molar-refractivity contribution in [2.45, 2.75) is 6.04 Å². The molecule has 0 heterocycles. The van der Waals surface area contributed by atoms with Crippen molar-refractivity contribution in [2.24, 2.45) is 0 Å². The van der Waals surface area contributed by atoms with Crippen LogP contribution in [0.15, 0.2) is 53.0 Å². The largest absolute Gasteiger partial charge is 0.479 e. The van der Waals surface area contributed by atoms with Crippen molar-refractivity contribution >= 4 is 39.2 Å². The molecule has 0 aliphatic heterocycles. The molecule has 2 N–H and O–H groups in total. The van der Waals surface area contributed by atoms with E-state index in [0.29, 0.717) is 10.6 Å². The molecule has 19 heavy (non-hydrogen) atoms. The molecule has 0 aromatic heterocycles. The first-order valence-electron chi connectivity index (χ1n) is 5.57. The molecule has 98 valence electrons. The summed E-state index contributed by atoms with van der Waals surface area (Å²) in [5.41, 5.74) is 1.26. The molecule has 2 aromatic carbocycles. The maximum Gasteiger partial charge on any atom is 0.330 e. The first kappa shape index (κ1) is 13.9. The first-order valence-corrected chi connectivity index (χ1v) is 6.74. The molecular formula is C14H11BrClNO2. The molecule has 0 aliphatic carbocycles. The Hall–Kier alpha value is -1.52. The van der Waals surface area contributed by atoms with Crippen LogP contribution in [0.4, 0.5) is 5.69 Å². The molecule has 2 rings (SSSR count). The van der Waals surface area contributed by atoms with E-state index >= 15 is 0 Å². The van der Waals surface area contributed by atoms with Gasteiger partial charge in [-0.2, -0.15) is 0 Å². The van der Waals surface area contributed by atoms with Crippen LogP contribution in [0.1, 0.15) is 11.6 Å². The lowest BCUT2D eigenvalue weighted by atomic mass is 10.1. The molecule has 1 unspecified atom stereocenters. The van der Waals surface area contributed by atoms with Gasteiger partial charge in [-0.3, -0.25) is 0 Å². The minimum atomic E-state index is -0.976. The number of hydrogen-bond acceptors (Lipinski definition) is 2. The number of benzene rings is 2. The molecule has 0 amide bonds. The van der Waals surface area contributed by atoms with E-state index in [1.807, 2.05) is 12.1 Å². The number of anilines is 1. The highest BCUT2D eigenvalue weighted by Gasteiger charge is 2.21. The average molecular weight is 341 g/mol. The number of nitrogens with one attached hydrogen (secondary N) is 1. The fourth-order valence-electron chi connectivity index (χ4n) is 1.69. The highest BCUT2D eigenvalue weighted by atomic mass is 79.9. The van der Waals surface area contributed by atoms with E-state index in [4.69, 9.17) is 11.6 Å². The Morgan fingerprint density at radius 2 is 1.79 bits per heavy atom. The molecule has 5 heteroatoms. The Morgan fingerprint density at radius 3 is 2.37 bits per heavy atom. The fraction of sp³-hybridized carbons (Fsp3) is 0.0714. The van der Waals surface area contributed by atoms with Gasteiger partial charge in [-0.05, 0) is 30.3 Å². The van der Waals surface area contributed by atoms with Crippen LogP contribution in [0.2, 0.25) is 5.02 Å². The molecule has 3 nitrogen and oxygen atoms in total. The van der Waals surface area contributed by atoms with Crippen LogP contribution in [0.25, 0.3) is 0 Å². The number of hydrogen-bond donors (Lipinski definition) is 2. The molecule has 0 bridgehead atoms. The first-order chi connectivity index (χ1) is 9.08. The minimum Gasteiger partial charge on any atom is -0.479 e. The second kappa shape index (κ2) is 6.08. The number of rotatable bonds is 4. The van der Waals surface area contributed by atoms with Gasteiger partial charge in [0.05, 0.1) is 0 Å². The number of carboxylic acids is 1. The van der Waals surface area contributed by atoms with Crippen LogP contribution in [0.3, 0.4) is 0 Å². The lowest BCUT2D eigenvalue weighted by molar-refractivity contribution is -0.138. The van der Waals surface area contributed by atoms with E-state index < -0.39 is 12.0 Å². The molecule has 1 atom stereocenters. The van der Waals surface area contributed by atoms with Crippen LogP contribution >= 0.6 is 27.5 Å². The van der Waals surface area contributed by atoms with E-state index in [9.17, 15) is 9.90 Å². The van der Waals surface area contributed by atoms with Crippen molar-refractivity contribution in [2.75, 3.05) is 5.32 Å². The third-order valence-electron chi connectivity index (χ3n) is 2.62. The smallest absolute Gasteiger partial charge is 0.330 e. The number of carboxylic acid groups (broad SMARTS) is 1. The second-order valence-electron chi connectivity index (χ2n) is 3.94. The average Bonchev–Trinajstić information content (AvgIpc) is 2.39. The summed E-state index contributed by atoms with van der Waals surface area (Å²) in [7, 11) is 0. The summed E-state index contributed by atoms with van der Waals surface area (Å²) in [5.74, 6) is -0.976. The minimum absolute atomic E-state index is 0.430. The zero-order chi connectivity index (χ0) is 13.8. The summed E-state index contributed by atoms with van der Waals surface area (Å²) in [6.07, 6.45) is 0. The van der Waals surface area contributed by atoms with Crippen molar-refractivity contribution in [3.63, 3.8) is 0 Å². The lowest BCUT2D eigenvalue weighted by Gasteiger charge is -2.17. The van der Waals surface area contributed by atoms with Crippen LogP contribution < -0.4 is 5.32 Å². The molecule has 0 radical (unpaired) electrons. The maximum atomic E-state index is 11.4. The number of aliphatic carboxylic acids is 1. The van der Waals surface area contributed by atoms with Crippen molar-refractivity contribution < 1.29 is 9.90 Å². The standard InChI is InChI=1S/C14H11BrClNO2/c15-9-5-7-10(8-6-9)17-13(14(18)19)11-3-1-2-4-12(11)16/h1-8,13,17H,(H,18,19). The fourth-order valence-corrected chi connectivity index (χ4v) is 2.20. The Morgan fingerprint density at radius 1 is 1.16 bits per heavy atom. The van der Waals surface area contributed by atoms with E-state index in [1.165, 1.54) is 0 Å². The van der Waals surface area contributed by atoms with Gasteiger partial charge < -0.3 is 10.4 Å². The Labute approximate surface area is 124 Å². The van der Waals surface area contributed by atoms with Gasteiger partial charge in [0.15, 0.2) is 6.04 Å². The highest BCUT2D eigenvalue weighted by Crippen LogP contribution is 2.26. The zero-order valence-corrected chi connectivity index (χ0v) is 12.1. The van der Waals surface area contributed by atoms with E-state index in [1.54, 1.807) is 36.4 Å². The van der Waals surface area contributed by atoms with Crippen LogP contribution in [0, 0.1) is 0 Å². The summed E-state index contributed by atoms with van der Waals surface area (Å²) in [5, 5.41) is 12.7. The van der Waals surface area contributed by atoms with Gasteiger partial charge in [0, 0.05) is 20.7 Å². The van der Waals surface area contributed by atoms with Gasteiger partial charge in [0.2, 0.25) is 0 Å². The number of carbonyl (C=O) groups is 1. The summed E-state index contributed by atoms with van der Waals surface area (Å²) in [6.45, 7) is 0. The molecule has 0 spiro atoms. The molecule has 0 aliphatic rings. The molecule has 0 fully saturated rings. The van der Waals surface area contributed by atoms with Crippen LogP contribution in [0.5, 0.6) is 0 Å². The quantitative estimate of drug-likeness (QED) is 0.870. The topological polar surface area (TPSA) is 49.3 Å². The normalized spacial score (nSPS) is 11.9. The van der Waals surface area contributed by atoms with E-state index in [-0.39, 0.29) is 0 Å². The van der Waals surface area contributed by atoms with Gasteiger partial charge in [-0.1, -0.05) is 45.7 Å². The van der Waals surface area contributed by atoms with E-state index in [0.717, 1.165) is 10.2 Å². The van der Waals surface area contributed by atoms with Crippen molar-refractivity contribution in [1.82, 2.24) is 0 Å². The summed E-state index contributed by atoms with van der Waals surface area (Å²) in [4.78, 5) is 11.4. The van der Waals surface area contributed by atoms with Crippen molar-refractivity contribution in [1.29, 1.82) is 0 Å². The summed E-state index contributed by atoms with van der Waals surface area (Å²) in [6, 6.07) is 13.3. The monoisotopic (exact) mass is 339 g/mol. The molecule has 0 saturated carbocycles. The van der Waals surface area contributed by atoms with Gasteiger partial charge in [-0.25, -0.2) is 4.79 Å². The Kier molecular flexibility index (Phi) is 4.45. The van der Waals surface area contributed by atoms with Crippen LogP contribution in [-0.4, -0.2) is 11.1 Å². The highest BCUT2D eigenvalue weighted by molar-refractivity contribution is 9.10.